The third-order valence-electron chi connectivity index (χ3n) is 10.2. The molecule has 1 aromatic carbocycles. The van der Waals surface area contributed by atoms with Gasteiger partial charge < -0.3 is 14.8 Å². The molecule has 0 unspecified atom stereocenters. The first-order chi connectivity index (χ1) is 19.0. The molecule has 9 heteroatoms. The molecule has 3 fully saturated rings. The largest absolute Gasteiger partial charge is 0.431 e. The van der Waals surface area contributed by atoms with Crippen molar-refractivity contribution in [1.82, 2.24) is 14.9 Å². The van der Waals surface area contributed by atoms with Crippen molar-refractivity contribution in [2.24, 2.45) is 16.7 Å². The highest BCUT2D eigenvalue weighted by atomic mass is 19.4. The van der Waals surface area contributed by atoms with E-state index in [0.29, 0.717) is 65.5 Å². The van der Waals surface area contributed by atoms with E-state index in [0.717, 1.165) is 36.6 Å². The molecule has 1 amide bonds. The summed E-state index contributed by atoms with van der Waals surface area (Å²) in [7, 11) is 0. The van der Waals surface area contributed by atoms with Gasteiger partial charge in [0.2, 0.25) is 5.91 Å². The van der Waals surface area contributed by atoms with E-state index in [1.807, 2.05) is 6.07 Å². The van der Waals surface area contributed by atoms with Crippen LogP contribution in [0.2, 0.25) is 0 Å². The second kappa shape index (κ2) is 8.12. The molecule has 3 aromatic rings. The molecule has 2 aliphatic heterocycles. The van der Waals surface area contributed by atoms with E-state index in [1.165, 1.54) is 6.08 Å². The number of fused-ring (bicyclic) bond motifs is 1. The first kappa shape index (κ1) is 25.2. The fourth-order valence-electron chi connectivity index (χ4n) is 7.77. The number of nitriles is 1. The van der Waals surface area contributed by atoms with Gasteiger partial charge in [-0.25, -0.2) is 4.98 Å². The van der Waals surface area contributed by atoms with E-state index >= 15 is 0 Å². The van der Waals surface area contributed by atoms with Gasteiger partial charge in [0.05, 0.1) is 11.2 Å². The van der Waals surface area contributed by atoms with Crippen molar-refractivity contribution in [2.75, 3.05) is 31.1 Å². The van der Waals surface area contributed by atoms with Gasteiger partial charge in [-0.2, -0.15) is 18.4 Å². The summed E-state index contributed by atoms with van der Waals surface area (Å²) in [5, 5.41) is 11.0. The zero-order valence-electron chi connectivity index (χ0n) is 22.5. The van der Waals surface area contributed by atoms with Crippen molar-refractivity contribution in [2.45, 2.75) is 45.2 Å². The van der Waals surface area contributed by atoms with Crippen molar-refractivity contribution in [3.05, 3.63) is 59.4 Å². The predicted molar refractivity (Wildman–Crippen MR) is 146 cm³/mol. The molecule has 0 radical (unpaired) electrons. The number of anilines is 1. The van der Waals surface area contributed by atoms with Crippen LogP contribution in [0.15, 0.2) is 36.9 Å². The number of likely N-dealkylation sites (tertiary alicyclic amines) is 1. The highest BCUT2D eigenvalue weighted by molar-refractivity contribution is 5.98. The molecule has 8 rings (SSSR count). The summed E-state index contributed by atoms with van der Waals surface area (Å²) < 4.78 is 41.0. The summed E-state index contributed by atoms with van der Waals surface area (Å²) in [5.74, 6) is 1.22. The van der Waals surface area contributed by atoms with Crippen LogP contribution in [0.3, 0.4) is 0 Å². The number of para-hydroxylation sites is 1. The molecule has 2 aromatic heterocycles. The number of H-pyrrole nitrogens is 1. The predicted octanol–water partition coefficient (Wildman–Crippen LogP) is 6.03. The number of carbonyl (C=O) groups is 1. The van der Waals surface area contributed by atoms with Gasteiger partial charge in [-0.15, -0.1) is 0 Å². The highest BCUT2D eigenvalue weighted by Crippen LogP contribution is 2.63. The van der Waals surface area contributed by atoms with Crippen molar-refractivity contribution in [1.29, 1.82) is 5.26 Å². The fraction of sp³-hybridized carbons (Fsp3) is 0.452. The quantitative estimate of drug-likeness (QED) is 0.408. The fourth-order valence-corrected chi connectivity index (χ4v) is 7.77. The third kappa shape index (κ3) is 3.41. The molecule has 1 N–H and O–H groups in total. The van der Waals surface area contributed by atoms with Crippen molar-refractivity contribution in [3.8, 4) is 17.2 Å². The van der Waals surface area contributed by atoms with Crippen LogP contribution in [-0.2, 0) is 17.4 Å². The number of nitrogens with one attached hydrogen (secondary N) is 1. The summed E-state index contributed by atoms with van der Waals surface area (Å²) in [5.41, 5.74) is 3.34. The Hall–Kier alpha value is -3.80. The molecule has 5 aliphatic rings. The lowest BCUT2D eigenvalue weighted by atomic mass is 9.48. The Balaban J connectivity index is 1.39. The number of pyridine rings is 1. The second-order valence-corrected chi connectivity index (χ2v) is 12.7. The number of nitrogens with zero attached hydrogens (tertiary/aromatic N) is 4. The Kier molecular flexibility index (Phi) is 5.11. The molecule has 2 saturated heterocycles. The maximum atomic E-state index is 13.7. The van der Waals surface area contributed by atoms with Crippen LogP contribution in [0.5, 0.6) is 0 Å². The molecule has 1 spiro atoms. The maximum absolute atomic E-state index is 13.7. The minimum absolute atomic E-state index is 0.0505. The molecule has 4 heterocycles. The lowest BCUT2D eigenvalue weighted by Gasteiger charge is -2.57. The van der Waals surface area contributed by atoms with Gasteiger partial charge in [-0.1, -0.05) is 38.6 Å². The average Bonchev–Trinajstić information content (AvgIpc) is 3.55. The molecule has 40 heavy (non-hydrogen) atoms. The van der Waals surface area contributed by atoms with Crippen LogP contribution < -0.4 is 4.90 Å². The number of rotatable bonds is 3. The minimum atomic E-state index is -4.50. The van der Waals surface area contributed by atoms with Crippen LogP contribution in [0.1, 0.15) is 55.1 Å². The Morgan fingerprint density at radius 2 is 2.05 bits per heavy atom. The molecule has 206 valence electrons. The van der Waals surface area contributed by atoms with E-state index < -0.39 is 11.9 Å². The summed E-state index contributed by atoms with van der Waals surface area (Å²) in [6, 6.07) is 8.81. The number of hydrogen-bond acceptors (Lipinski definition) is 4. The SMILES string of the molecule is C=CC(=O)N1CC2(CCN(c3nc4c(c(-c5cccc6cc(C(F)(F)F)[nH]c56)c3C#N)C[C@H]3C[C@@H]4C3(C)C)C2)C1. The van der Waals surface area contributed by atoms with Crippen molar-refractivity contribution < 1.29 is 18.0 Å². The van der Waals surface area contributed by atoms with Crippen LogP contribution in [0.4, 0.5) is 19.0 Å². The molecular weight excluding hydrogens is 515 g/mol. The first-order valence-electron chi connectivity index (χ1n) is 13.8. The van der Waals surface area contributed by atoms with E-state index in [9.17, 15) is 23.2 Å². The Morgan fingerprint density at radius 3 is 2.73 bits per heavy atom. The molecular formula is C31H30F3N5O. The standard InChI is InChI=1S/C31H30F3N5O/c1-4-24(40)39-15-30(16-39)8-9-38(14-30)28-21(13-35)25(20-11-18-12-22(27(20)37-28)29(18,2)3)19-7-5-6-17-10-23(31(32,33)34)36-26(17)19/h4-7,10,18,22,36H,1,8-9,11-12,14-16H2,2-3H3/t18-,22-/m0/s1. The first-order valence-corrected chi connectivity index (χ1v) is 13.8. The van der Waals surface area contributed by atoms with Crippen molar-refractivity contribution >= 4 is 22.6 Å². The van der Waals surface area contributed by atoms with E-state index in [-0.39, 0.29) is 22.7 Å². The lowest BCUT2D eigenvalue weighted by molar-refractivity contribution is -0.140. The summed E-state index contributed by atoms with van der Waals surface area (Å²) in [4.78, 5) is 23.9. The van der Waals surface area contributed by atoms with E-state index in [2.05, 4.69) is 36.4 Å². The van der Waals surface area contributed by atoms with Gasteiger partial charge in [0.1, 0.15) is 23.1 Å². The monoisotopic (exact) mass is 545 g/mol. The third-order valence-corrected chi connectivity index (χ3v) is 10.2. The number of benzene rings is 1. The van der Waals surface area contributed by atoms with Crippen LogP contribution in [-0.4, -0.2) is 47.0 Å². The van der Waals surface area contributed by atoms with Gasteiger partial charge >= 0.3 is 6.18 Å². The smallest absolute Gasteiger partial charge is 0.355 e. The Bertz CT molecular complexity index is 1640. The Morgan fingerprint density at radius 1 is 1.27 bits per heavy atom. The highest BCUT2D eigenvalue weighted by Gasteiger charge is 2.55. The number of aromatic amines is 1. The molecule has 2 atom stereocenters. The molecule has 6 nitrogen and oxygen atoms in total. The molecule has 3 aliphatic carbocycles. The number of hydrogen-bond donors (Lipinski definition) is 1. The van der Waals surface area contributed by atoms with Crippen LogP contribution in [0, 0.1) is 28.1 Å². The summed E-state index contributed by atoms with van der Waals surface area (Å²) in [6.07, 6.45) is -0.502. The molecule has 2 bridgehead atoms. The number of amides is 1. The number of halogens is 3. The minimum Gasteiger partial charge on any atom is -0.355 e. The van der Waals surface area contributed by atoms with E-state index in [1.54, 1.807) is 17.0 Å². The van der Waals surface area contributed by atoms with Gasteiger partial charge in [-0.05, 0) is 48.3 Å². The second-order valence-electron chi connectivity index (χ2n) is 12.7. The number of carbonyl (C=O) groups excluding carboxylic acids is 1. The van der Waals surface area contributed by atoms with Gasteiger partial charge in [-0.3, -0.25) is 4.79 Å². The number of aromatic nitrogens is 2. The summed E-state index contributed by atoms with van der Waals surface area (Å²) in [6.45, 7) is 10.8. The zero-order valence-corrected chi connectivity index (χ0v) is 22.5. The average molecular weight is 546 g/mol. The van der Waals surface area contributed by atoms with Gasteiger partial charge in [0.25, 0.3) is 0 Å². The van der Waals surface area contributed by atoms with Crippen LogP contribution in [0.25, 0.3) is 22.0 Å². The van der Waals surface area contributed by atoms with Crippen molar-refractivity contribution in [3.63, 3.8) is 0 Å². The van der Waals surface area contributed by atoms with Gasteiger partial charge in [0.15, 0.2) is 0 Å². The van der Waals surface area contributed by atoms with Crippen LogP contribution >= 0.6 is 0 Å². The van der Waals surface area contributed by atoms with Gasteiger partial charge in [0, 0.05) is 54.0 Å². The zero-order chi connectivity index (χ0) is 28.2. The van der Waals surface area contributed by atoms with E-state index in [4.69, 9.17) is 4.98 Å². The maximum Gasteiger partial charge on any atom is 0.431 e. The summed E-state index contributed by atoms with van der Waals surface area (Å²) >= 11 is 0. The number of alkyl halides is 3. The Labute approximate surface area is 230 Å². The lowest BCUT2D eigenvalue weighted by Crippen LogP contribution is -2.59. The topological polar surface area (TPSA) is 76.0 Å². The molecule has 1 saturated carbocycles. The normalized spacial score (nSPS) is 23.9.